The third-order valence-corrected chi connectivity index (χ3v) is 5.69. The first-order valence-electron chi connectivity index (χ1n) is 10.7. The molecule has 0 spiro atoms. The topological polar surface area (TPSA) is 123 Å². The van der Waals surface area contributed by atoms with Crippen LogP contribution in [-0.2, 0) is 24.3 Å². The number of methoxy groups -OCH3 is 1. The molecule has 2 N–H and O–H groups in total. The van der Waals surface area contributed by atoms with Crippen molar-refractivity contribution in [1.29, 1.82) is 0 Å². The highest BCUT2D eigenvalue weighted by molar-refractivity contribution is 5.97. The molecule has 0 bridgehead atoms. The number of nitrogens with one attached hydrogen (secondary N) is 1. The van der Waals surface area contributed by atoms with Crippen LogP contribution in [0.4, 0.5) is 4.79 Å². The molecular weight excluding hydrogens is 440 g/mol. The predicted octanol–water partition coefficient (Wildman–Crippen LogP) is 1.68. The second kappa shape index (κ2) is 9.65. The fourth-order valence-electron chi connectivity index (χ4n) is 3.98. The van der Waals surface area contributed by atoms with E-state index in [4.69, 9.17) is 4.74 Å². The number of Topliss-reactive ketones (excluding diaryl/α,β-unsaturated/α-hetero) is 1. The van der Waals surface area contributed by atoms with Gasteiger partial charge in [0.1, 0.15) is 11.4 Å². The Morgan fingerprint density at radius 3 is 2.38 bits per heavy atom. The summed E-state index contributed by atoms with van der Waals surface area (Å²) in [6, 6.07) is 15.8. The van der Waals surface area contributed by atoms with Gasteiger partial charge in [0.05, 0.1) is 31.6 Å². The van der Waals surface area contributed by atoms with E-state index in [1.54, 1.807) is 24.3 Å². The molecule has 0 aliphatic carbocycles. The van der Waals surface area contributed by atoms with Crippen LogP contribution in [0.3, 0.4) is 0 Å². The molecule has 4 rings (SSSR count). The smallest absolute Gasteiger partial charge is 0.407 e. The Hall–Kier alpha value is -4.34. The van der Waals surface area contributed by atoms with Crippen LogP contribution in [0.5, 0.6) is 5.75 Å². The lowest BCUT2D eigenvalue weighted by Gasteiger charge is -2.25. The summed E-state index contributed by atoms with van der Waals surface area (Å²) in [5, 5.41) is 12.0. The largest absolute Gasteiger partial charge is 0.497 e. The van der Waals surface area contributed by atoms with E-state index >= 15 is 0 Å². The van der Waals surface area contributed by atoms with E-state index in [0.717, 1.165) is 10.5 Å². The van der Waals surface area contributed by atoms with Crippen LogP contribution in [0, 0.1) is 0 Å². The van der Waals surface area contributed by atoms with Crippen LogP contribution in [0.1, 0.15) is 21.7 Å². The molecule has 10 heteroatoms. The van der Waals surface area contributed by atoms with Gasteiger partial charge in [0, 0.05) is 19.5 Å². The number of aromatic nitrogens is 2. The van der Waals surface area contributed by atoms with Crippen molar-refractivity contribution in [2.45, 2.75) is 19.5 Å². The second-order valence-corrected chi connectivity index (χ2v) is 7.85. The lowest BCUT2D eigenvalue weighted by Crippen LogP contribution is -2.40. The van der Waals surface area contributed by atoms with Crippen molar-refractivity contribution in [1.82, 2.24) is 19.4 Å². The Morgan fingerprint density at radius 2 is 1.74 bits per heavy atom. The molecule has 3 aromatic rings. The molecule has 0 unspecified atom stereocenters. The molecular formula is C24H24N4O6. The Balaban J connectivity index is 1.66. The first kappa shape index (κ1) is 22.8. The summed E-state index contributed by atoms with van der Waals surface area (Å²) < 4.78 is 7.82. The molecule has 1 aliphatic heterocycles. The number of rotatable bonds is 7. The third kappa shape index (κ3) is 4.56. The summed E-state index contributed by atoms with van der Waals surface area (Å²) in [5.74, 6) is -0.246. The van der Waals surface area contributed by atoms with Gasteiger partial charge >= 0.3 is 11.8 Å². The normalized spacial score (nSPS) is 12.7. The monoisotopic (exact) mass is 464 g/mol. The van der Waals surface area contributed by atoms with Crippen molar-refractivity contribution in [3.8, 4) is 11.4 Å². The molecule has 10 nitrogen and oxygen atoms in total. The Morgan fingerprint density at radius 1 is 1.03 bits per heavy atom. The fourth-order valence-corrected chi connectivity index (χ4v) is 3.98. The molecule has 1 aliphatic rings. The van der Waals surface area contributed by atoms with Gasteiger partial charge in [-0.3, -0.25) is 18.7 Å². The molecule has 0 radical (unpaired) electrons. The van der Waals surface area contributed by atoms with Gasteiger partial charge in [-0.1, -0.05) is 30.3 Å². The zero-order chi connectivity index (χ0) is 24.2. The van der Waals surface area contributed by atoms with Crippen molar-refractivity contribution >= 4 is 17.8 Å². The number of amides is 2. The number of fused-ring (bicyclic) bond motifs is 1. The van der Waals surface area contributed by atoms with E-state index in [-0.39, 0.29) is 49.8 Å². The number of ketones is 1. The van der Waals surface area contributed by atoms with E-state index in [1.165, 1.54) is 16.2 Å². The van der Waals surface area contributed by atoms with Crippen molar-refractivity contribution in [2.75, 3.05) is 20.2 Å². The molecule has 1 aromatic heterocycles. The third-order valence-electron chi connectivity index (χ3n) is 5.69. The number of nitrogens with zero attached hydrogens (tertiary/aromatic N) is 3. The van der Waals surface area contributed by atoms with Gasteiger partial charge in [-0.15, -0.1) is 0 Å². The van der Waals surface area contributed by atoms with Crippen molar-refractivity contribution < 1.29 is 24.2 Å². The number of carbonyl (C=O) groups excluding carboxylic acids is 2. The maximum absolute atomic E-state index is 13.3. The standard InChI is InChI=1S/C24H24N4O6/c1-34-19-9-7-17(8-10-19)28-21(20-15-26(24(32)33)11-12-27(20)23(28)31)22(30)25-14-18(29)13-16-5-3-2-4-6-16/h2-10H,11-15H2,1H3,(H,25,30)(H,32,33). The number of hydrogen-bond acceptors (Lipinski definition) is 5. The van der Waals surface area contributed by atoms with Crippen LogP contribution < -0.4 is 15.7 Å². The maximum atomic E-state index is 13.3. The van der Waals surface area contributed by atoms with E-state index in [1.807, 2.05) is 30.3 Å². The summed E-state index contributed by atoms with van der Waals surface area (Å²) in [7, 11) is 1.52. The average Bonchev–Trinajstić information content (AvgIpc) is 3.15. The maximum Gasteiger partial charge on any atom is 0.407 e. The minimum Gasteiger partial charge on any atom is -0.497 e. The summed E-state index contributed by atoms with van der Waals surface area (Å²) in [5.41, 5.74) is 1.09. The first-order valence-corrected chi connectivity index (χ1v) is 10.7. The number of hydrogen-bond donors (Lipinski definition) is 2. The Bertz CT molecular complexity index is 1280. The first-order chi connectivity index (χ1) is 16.4. The zero-order valence-electron chi connectivity index (χ0n) is 18.6. The number of ether oxygens (including phenoxy) is 1. The van der Waals surface area contributed by atoms with E-state index in [9.17, 15) is 24.3 Å². The highest BCUT2D eigenvalue weighted by Gasteiger charge is 2.31. The van der Waals surface area contributed by atoms with Gasteiger partial charge in [-0.25, -0.2) is 9.59 Å². The molecule has 0 saturated heterocycles. The molecule has 176 valence electrons. The van der Waals surface area contributed by atoms with Crippen LogP contribution >= 0.6 is 0 Å². The van der Waals surface area contributed by atoms with Crippen LogP contribution in [0.25, 0.3) is 5.69 Å². The molecule has 2 heterocycles. The van der Waals surface area contributed by atoms with Gasteiger partial charge < -0.3 is 20.1 Å². The lowest BCUT2D eigenvalue weighted by atomic mass is 10.1. The van der Waals surface area contributed by atoms with Gasteiger partial charge in [-0.05, 0) is 29.8 Å². The minimum absolute atomic E-state index is 0.00799. The summed E-state index contributed by atoms with van der Waals surface area (Å²) >= 11 is 0. The van der Waals surface area contributed by atoms with Crippen molar-refractivity contribution in [3.05, 3.63) is 82.0 Å². The zero-order valence-corrected chi connectivity index (χ0v) is 18.6. The Kier molecular flexibility index (Phi) is 6.48. The number of benzene rings is 2. The van der Waals surface area contributed by atoms with Gasteiger partial charge in [0.15, 0.2) is 5.78 Å². The van der Waals surface area contributed by atoms with Crippen molar-refractivity contribution in [3.63, 3.8) is 0 Å². The van der Waals surface area contributed by atoms with Crippen LogP contribution in [0.15, 0.2) is 59.4 Å². The summed E-state index contributed by atoms with van der Waals surface area (Å²) in [4.78, 5) is 51.6. The molecule has 0 fully saturated rings. The van der Waals surface area contributed by atoms with Crippen LogP contribution in [0.2, 0.25) is 0 Å². The van der Waals surface area contributed by atoms with Gasteiger partial charge in [0.25, 0.3) is 5.91 Å². The second-order valence-electron chi connectivity index (χ2n) is 7.85. The van der Waals surface area contributed by atoms with E-state index in [0.29, 0.717) is 11.4 Å². The van der Waals surface area contributed by atoms with Gasteiger partial charge in [-0.2, -0.15) is 0 Å². The molecule has 34 heavy (non-hydrogen) atoms. The summed E-state index contributed by atoms with van der Waals surface area (Å²) in [6.45, 7) is -0.0887. The summed E-state index contributed by atoms with van der Waals surface area (Å²) in [6.07, 6.45) is -0.979. The highest BCUT2D eigenvalue weighted by Crippen LogP contribution is 2.21. The molecule has 2 aromatic carbocycles. The number of carboxylic acid groups (broad SMARTS) is 1. The van der Waals surface area contributed by atoms with Crippen LogP contribution in [-0.4, -0.2) is 57.1 Å². The predicted molar refractivity (Wildman–Crippen MR) is 123 cm³/mol. The molecule has 2 amide bonds. The van der Waals surface area contributed by atoms with Crippen molar-refractivity contribution in [2.24, 2.45) is 0 Å². The highest BCUT2D eigenvalue weighted by atomic mass is 16.5. The number of imidazole rings is 1. The quantitative estimate of drug-likeness (QED) is 0.549. The fraction of sp³-hybridized carbons (Fsp3) is 0.250. The average molecular weight is 464 g/mol. The van der Waals surface area contributed by atoms with Gasteiger partial charge in [0.2, 0.25) is 0 Å². The molecule has 0 atom stereocenters. The number of carbonyl (C=O) groups is 3. The molecule has 0 saturated carbocycles. The SMILES string of the molecule is COc1ccc(-n2c(C(=O)NCC(=O)Cc3ccccc3)c3n(c2=O)CCN(C(=O)O)C3)cc1. The van der Waals surface area contributed by atoms with E-state index in [2.05, 4.69) is 5.32 Å². The Labute approximate surface area is 195 Å². The lowest BCUT2D eigenvalue weighted by molar-refractivity contribution is -0.117. The minimum atomic E-state index is -1.14. The van der Waals surface area contributed by atoms with E-state index < -0.39 is 17.7 Å².